The van der Waals surface area contributed by atoms with Crippen LogP contribution in [-0.4, -0.2) is 31.7 Å². The number of carbonyl (C=O) groups is 1. The highest BCUT2D eigenvalue weighted by atomic mass is 79.9. The molecule has 0 bridgehead atoms. The van der Waals surface area contributed by atoms with Gasteiger partial charge in [0.1, 0.15) is 0 Å². The molecule has 5 nitrogen and oxygen atoms in total. The van der Waals surface area contributed by atoms with Crippen LogP contribution in [0.3, 0.4) is 0 Å². The molecular formula is C23H29BrN2O3S. The lowest BCUT2D eigenvalue weighted by Gasteiger charge is -2.31. The zero-order valence-electron chi connectivity index (χ0n) is 17.7. The molecule has 1 fully saturated rings. The van der Waals surface area contributed by atoms with Crippen LogP contribution >= 0.6 is 15.9 Å². The van der Waals surface area contributed by atoms with Gasteiger partial charge in [0.15, 0.2) is 0 Å². The van der Waals surface area contributed by atoms with E-state index in [9.17, 15) is 13.2 Å². The molecule has 30 heavy (non-hydrogen) atoms. The van der Waals surface area contributed by atoms with E-state index >= 15 is 0 Å². The third-order valence-corrected chi connectivity index (χ3v) is 8.03. The Balaban J connectivity index is 1.79. The van der Waals surface area contributed by atoms with Gasteiger partial charge in [-0.2, -0.15) is 4.31 Å². The maximum atomic E-state index is 13.1. The van der Waals surface area contributed by atoms with Crippen molar-refractivity contribution < 1.29 is 13.2 Å². The Labute approximate surface area is 188 Å². The quantitative estimate of drug-likeness (QED) is 0.621. The van der Waals surface area contributed by atoms with Gasteiger partial charge < -0.3 is 5.32 Å². The van der Waals surface area contributed by atoms with E-state index in [1.54, 1.807) is 24.3 Å². The van der Waals surface area contributed by atoms with Crippen molar-refractivity contribution in [3.8, 4) is 0 Å². The van der Waals surface area contributed by atoms with Crippen LogP contribution in [0.1, 0.15) is 43.4 Å². The van der Waals surface area contributed by atoms with E-state index < -0.39 is 10.0 Å². The summed E-state index contributed by atoms with van der Waals surface area (Å²) in [6.07, 6.45) is 2.97. The summed E-state index contributed by atoms with van der Waals surface area (Å²) in [5.41, 5.74) is 4.04. The summed E-state index contributed by atoms with van der Waals surface area (Å²) in [4.78, 5) is 13.4. The largest absolute Gasteiger partial charge is 0.325 e. The fraction of sp³-hybridized carbons (Fsp3) is 0.435. The first-order valence-corrected chi connectivity index (χ1v) is 12.7. The highest BCUT2D eigenvalue weighted by Crippen LogP contribution is 2.30. The van der Waals surface area contributed by atoms with E-state index in [0.29, 0.717) is 19.4 Å². The minimum absolute atomic E-state index is 0.106. The first-order chi connectivity index (χ1) is 14.3. The molecule has 0 aromatic heterocycles. The van der Waals surface area contributed by atoms with Gasteiger partial charge in [0.05, 0.1) is 10.8 Å². The summed E-state index contributed by atoms with van der Waals surface area (Å²) < 4.78 is 28.6. The Kier molecular flexibility index (Phi) is 7.37. The molecular weight excluding hydrogens is 464 g/mol. The summed E-state index contributed by atoms with van der Waals surface area (Å²) in [6, 6.07) is 10.9. The third-order valence-electron chi connectivity index (χ3n) is 5.69. The fourth-order valence-electron chi connectivity index (χ4n) is 3.90. The number of amides is 1. The van der Waals surface area contributed by atoms with Crippen LogP contribution in [0.5, 0.6) is 0 Å². The summed E-state index contributed by atoms with van der Waals surface area (Å²) in [6.45, 7) is 6.70. The number of sulfonamides is 1. The molecule has 0 aliphatic carbocycles. The Bertz CT molecular complexity index is 994. The number of nitrogens with zero attached hydrogens (tertiary/aromatic N) is 1. The van der Waals surface area contributed by atoms with E-state index in [1.165, 1.54) is 4.31 Å². The maximum Gasteiger partial charge on any atom is 0.243 e. The van der Waals surface area contributed by atoms with Gasteiger partial charge in [0, 0.05) is 23.2 Å². The molecule has 1 heterocycles. The Morgan fingerprint density at radius 3 is 2.30 bits per heavy atom. The summed E-state index contributed by atoms with van der Waals surface area (Å²) in [7, 11) is -3.60. The van der Waals surface area contributed by atoms with Crippen molar-refractivity contribution in [3.63, 3.8) is 0 Å². The molecule has 1 amide bonds. The average molecular weight is 493 g/mol. The molecule has 0 unspecified atom stereocenters. The van der Waals surface area contributed by atoms with Crippen LogP contribution in [0.2, 0.25) is 0 Å². The van der Waals surface area contributed by atoms with Crippen LogP contribution in [0.25, 0.3) is 0 Å². The molecule has 0 saturated carbocycles. The SMILES string of the molecule is CCc1cc(Br)cc(CC)c1NC(=O)[C@@H]1CCCN(S(=O)(=O)c2ccc(C)cc2)C1. The Morgan fingerprint density at radius 2 is 1.73 bits per heavy atom. The molecule has 1 aliphatic rings. The summed E-state index contributed by atoms with van der Waals surface area (Å²) >= 11 is 3.54. The second-order valence-corrected chi connectivity index (χ2v) is 10.7. The molecule has 0 spiro atoms. The Morgan fingerprint density at radius 1 is 1.13 bits per heavy atom. The van der Waals surface area contributed by atoms with E-state index in [2.05, 4.69) is 35.1 Å². The molecule has 2 aromatic carbocycles. The van der Waals surface area contributed by atoms with Crippen molar-refractivity contribution in [2.75, 3.05) is 18.4 Å². The van der Waals surface area contributed by atoms with Crippen molar-refractivity contribution in [1.29, 1.82) is 0 Å². The van der Waals surface area contributed by atoms with Gasteiger partial charge in [0.25, 0.3) is 0 Å². The number of halogens is 1. The topological polar surface area (TPSA) is 66.5 Å². The monoisotopic (exact) mass is 492 g/mol. The smallest absolute Gasteiger partial charge is 0.243 e. The van der Waals surface area contributed by atoms with Crippen LogP contribution in [-0.2, 0) is 27.7 Å². The third kappa shape index (κ3) is 4.95. The number of rotatable bonds is 6. The van der Waals surface area contributed by atoms with Gasteiger partial charge in [-0.15, -0.1) is 0 Å². The van der Waals surface area contributed by atoms with Crippen molar-refractivity contribution in [1.82, 2.24) is 4.31 Å². The summed E-state index contributed by atoms with van der Waals surface area (Å²) in [5.74, 6) is -0.470. The number of nitrogens with one attached hydrogen (secondary N) is 1. The maximum absolute atomic E-state index is 13.1. The minimum Gasteiger partial charge on any atom is -0.325 e. The van der Waals surface area contributed by atoms with Gasteiger partial charge in [0.2, 0.25) is 15.9 Å². The highest BCUT2D eigenvalue weighted by molar-refractivity contribution is 9.10. The van der Waals surface area contributed by atoms with Crippen molar-refractivity contribution >= 4 is 37.5 Å². The van der Waals surface area contributed by atoms with Crippen molar-refractivity contribution in [2.45, 2.75) is 51.3 Å². The van der Waals surface area contributed by atoms with E-state index in [4.69, 9.17) is 0 Å². The number of piperidine rings is 1. The van der Waals surface area contributed by atoms with Crippen LogP contribution < -0.4 is 5.32 Å². The summed E-state index contributed by atoms with van der Waals surface area (Å²) in [5, 5.41) is 3.12. The number of aryl methyl sites for hydroxylation is 3. The number of benzene rings is 2. The van der Waals surface area contributed by atoms with Gasteiger partial charge >= 0.3 is 0 Å². The predicted octanol–water partition coefficient (Wildman–Crippen LogP) is 4.92. The van der Waals surface area contributed by atoms with Gasteiger partial charge in [-0.05, 0) is 68.0 Å². The first kappa shape index (κ1) is 23.0. The highest BCUT2D eigenvalue weighted by Gasteiger charge is 2.33. The zero-order valence-corrected chi connectivity index (χ0v) is 20.1. The molecule has 1 aliphatic heterocycles. The number of hydrogen-bond acceptors (Lipinski definition) is 3. The molecule has 7 heteroatoms. The number of hydrogen-bond donors (Lipinski definition) is 1. The van der Waals surface area contributed by atoms with Crippen LogP contribution in [0, 0.1) is 12.8 Å². The molecule has 1 saturated heterocycles. The Hall–Kier alpha value is -1.70. The first-order valence-electron chi connectivity index (χ1n) is 10.4. The zero-order chi connectivity index (χ0) is 21.9. The second kappa shape index (κ2) is 9.62. The van der Waals surface area contributed by atoms with E-state index in [0.717, 1.165) is 39.7 Å². The van der Waals surface area contributed by atoms with Gasteiger partial charge in [-0.3, -0.25) is 4.79 Å². The molecule has 1 N–H and O–H groups in total. The van der Waals surface area contributed by atoms with Gasteiger partial charge in [-0.25, -0.2) is 8.42 Å². The van der Waals surface area contributed by atoms with Crippen molar-refractivity contribution in [2.24, 2.45) is 5.92 Å². The van der Waals surface area contributed by atoms with Gasteiger partial charge in [-0.1, -0.05) is 47.5 Å². The lowest BCUT2D eigenvalue weighted by atomic mass is 9.97. The lowest BCUT2D eigenvalue weighted by Crippen LogP contribution is -2.43. The fourth-order valence-corrected chi connectivity index (χ4v) is 5.98. The minimum atomic E-state index is -3.60. The predicted molar refractivity (Wildman–Crippen MR) is 124 cm³/mol. The molecule has 2 aromatic rings. The number of anilines is 1. The standard InChI is InChI=1S/C23H29BrN2O3S/c1-4-17-13-20(24)14-18(5-2)22(17)25-23(27)19-7-6-12-26(15-19)30(28,29)21-10-8-16(3)9-11-21/h8-11,13-14,19H,4-7,12,15H2,1-3H3,(H,25,27)/t19-/m1/s1. The molecule has 3 rings (SSSR count). The molecule has 0 radical (unpaired) electrons. The average Bonchev–Trinajstić information content (AvgIpc) is 2.74. The van der Waals surface area contributed by atoms with Crippen molar-refractivity contribution in [3.05, 3.63) is 57.6 Å². The van der Waals surface area contributed by atoms with Crippen LogP contribution in [0.15, 0.2) is 45.8 Å². The second-order valence-electron chi connectivity index (χ2n) is 7.81. The lowest BCUT2D eigenvalue weighted by molar-refractivity contribution is -0.120. The van der Waals surface area contributed by atoms with E-state index in [1.807, 2.05) is 19.1 Å². The van der Waals surface area contributed by atoms with E-state index in [-0.39, 0.29) is 23.3 Å². The normalized spacial score (nSPS) is 17.7. The molecule has 1 atom stereocenters. The molecule has 162 valence electrons. The van der Waals surface area contributed by atoms with Crippen LogP contribution in [0.4, 0.5) is 5.69 Å². The number of carbonyl (C=O) groups excluding carboxylic acids is 1.